The second-order valence-electron chi connectivity index (χ2n) is 4.11. The number of nitrogens with zero attached hydrogens (tertiary/aromatic N) is 1. The van der Waals surface area contributed by atoms with Gasteiger partial charge in [-0.15, -0.1) is 0 Å². The first kappa shape index (κ1) is 13.8. The third-order valence-electron chi connectivity index (χ3n) is 2.43. The molecule has 0 aliphatic rings. The van der Waals surface area contributed by atoms with E-state index in [1.807, 2.05) is 50.2 Å². The summed E-state index contributed by atoms with van der Waals surface area (Å²) in [4.78, 5) is 2.04. The lowest BCUT2D eigenvalue weighted by Crippen LogP contribution is -2.25. The van der Waals surface area contributed by atoms with Crippen LogP contribution in [0.4, 0.5) is 11.4 Å². The second kappa shape index (κ2) is 7.14. The average Bonchev–Trinajstić information content (AvgIpc) is 2.34. The van der Waals surface area contributed by atoms with Gasteiger partial charge in [0, 0.05) is 27.2 Å². The van der Waals surface area contributed by atoms with Crippen LogP contribution in [-0.2, 0) is 4.74 Å². The first-order valence-corrected chi connectivity index (χ1v) is 5.91. The predicted molar refractivity (Wildman–Crippen MR) is 71.8 cm³/mol. The summed E-state index contributed by atoms with van der Waals surface area (Å²) < 4.78 is 5.16. The minimum absolute atomic E-state index is 0.369. The zero-order valence-electron chi connectivity index (χ0n) is 10.8. The molecule has 17 heavy (non-hydrogen) atoms. The van der Waals surface area contributed by atoms with Crippen molar-refractivity contribution >= 4 is 11.4 Å². The van der Waals surface area contributed by atoms with E-state index in [0.717, 1.165) is 11.4 Å². The van der Waals surface area contributed by atoms with E-state index in [4.69, 9.17) is 4.74 Å². The molecule has 4 nitrogen and oxygen atoms in total. The molecule has 0 aliphatic heterocycles. The molecule has 0 aromatic heterocycles. The minimum atomic E-state index is -0.481. The lowest BCUT2D eigenvalue weighted by molar-refractivity contribution is 0.0496. The molecule has 0 fully saturated rings. The van der Waals surface area contributed by atoms with Gasteiger partial charge in [-0.3, -0.25) is 0 Å². The molecule has 0 heterocycles. The first-order chi connectivity index (χ1) is 8.15. The van der Waals surface area contributed by atoms with Gasteiger partial charge in [-0.05, 0) is 19.1 Å². The Morgan fingerprint density at radius 3 is 2.71 bits per heavy atom. The summed E-state index contributed by atoms with van der Waals surface area (Å²) in [6.45, 7) is 3.41. The van der Waals surface area contributed by atoms with Crippen LogP contribution in [-0.4, -0.2) is 45.1 Å². The highest BCUT2D eigenvalue weighted by atomic mass is 16.5. The number of ether oxygens (including phenoxy) is 1. The highest BCUT2D eigenvalue weighted by Crippen LogP contribution is 2.23. The van der Waals surface area contributed by atoms with Gasteiger partial charge in [-0.25, -0.2) is 0 Å². The quantitative estimate of drug-likeness (QED) is 0.756. The number of hydrogen-bond donors (Lipinski definition) is 2. The molecule has 0 radical (unpaired) electrons. The van der Waals surface area contributed by atoms with E-state index in [1.54, 1.807) is 0 Å². The first-order valence-electron chi connectivity index (χ1n) is 5.91. The van der Waals surface area contributed by atoms with E-state index < -0.39 is 6.10 Å². The summed E-state index contributed by atoms with van der Waals surface area (Å²) in [6, 6.07) is 8.02. The largest absolute Gasteiger partial charge is 0.389 e. The van der Waals surface area contributed by atoms with E-state index in [-0.39, 0.29) is 0 Å². The fourth-order valence-corrected chi connectivity index (χ4v) is 1.55. The van der Waals surface area contributed by atoms with Crippen molar-refractivity contribution in [2.24, 2.45) is 0 Å². The zero-order chi connectivity index (χ0) is 12.7. The van der Waals surface area contributed by atoms with Crippen molar-refractivity contribution in [3.05, 3.63) is 24.3 Å². The number of anilines is 2. The maximum Gasteiger partial charge on any atom is 0.0945 e. The second-order valence-corrected chi connectivity index (χ2v) is 4.11. The van der Waals surface area contributed by atoms with Crippen LogP contribution in [0.25, 0.3) is 0 Å². The fraction of sp³-hybridized carbons (Fsp3) is 0.538. The molecule has 0 saturated heterocycles. The Hall–Kier alpha value is -1.26. The molecule has 4 heteroatoms. The van der Waals surface area contributed by atoms with Crippen molar-refractivity contribution in [1.82, 2.24) is 0 Å². The van der Waals surface area contributed by atoms with Gasteiger partial charge in [-0.2, -0.15) is 0 Å². The molecule has 2 N–H and O–H groups in total. The summed E-state index contributed by atoms with van der Waals surface area (Å²) in [6.07, 6.45) is -0.481. The molecule has 1 atom stereocenters. The molecule has 96 valence electrons. The highest BCUT2D eigenvalue weighted by Gasteiger charge is 2.06. The fourth-order valence-electron chi connectivity index (χ4n) is 1.55. The van der Waals surface area contributed by atoms with Crippen LogP contribution in [0.5, 0.6) is 0 Å². The number of hydrogen-bond acceptors (Lipinski definition) is 4. The lowest BCUT2D eigenvalue weighted by atomic mass is 10.2. The van der Waals surface area contributed by atoms with Crippen LogP contribution < -0.4 is 10.2 Å². The summed E-state index contributed by atoms with van der Waals surface area (Å²) in [7, 11) is 3.99. The lowest BCUT2D eigenvalue weighted by Gasteiger charge is -2.19. The number of aliphatic hydroxyl groups excluding tert-OH is 1. The Balaban J connectivity index is 2.51. The van der Waals surface area contributed by atoms with Crippen LogP contribution in [0, 0.1) is 0 Å². The van der Waals surface area contributed by atoms with Crippen molar-refractivity contribution in [3.63, 3.8) is 0 Å². The predicted octanol–water partition coefficient (Wildman–Crippen LogP) is 1.56. The van der Waals surface area contributed by atoms with Gasteiger partial charge < -0.3 is 20.1 Å². The molecule has 1 aromatic rings. The zero-order valence-corrected chi connectivity index (χ0v) is 10.8. The topological polar surface area (TPSA) is 44.7 Å². The molecular formula is C13H22N2O2. The Bertz CT molecular complexity index is 329. The molecule has 0 bridgehead atoms. The SMILES string of the molecule is CCOCC(O)CNc1ccccc1N(C)C. The summed E-state index contributed by atoms with van der Waals surface area (Å²) in [5.41, 5.74) is 2.13. The number of rotatable bonds is 7. The van der Waals surface area contributed by atoms with E-state index in [1.165, 1.54) is 0 Å². The van der Waals surface area contributed by atoms with Gasteiger partial charge >= 0.3 is 0 Å². The van der Waals surface area contributed by atoms with E-state index in [2.05, 4.69) is 5.32 Å². The number of para-hydroxylation sites is 2. The van der Waals surface area contributed by atoms with Crippen molar-refractivity contribution in [3.8, 4) is 0 Å². The average molecular weight is 238 g/mol. The maximum atomic E-state index is 9.67. The van der Waals surface area contributed by atoms with Gasteiger partial charge in [0.1, 0.15) is 0 Å². The molecule has 0 saturated carbocycles. The van der Waals surface area contributed by atoms with Crippen LogP contribution in [0.2, 0.25) is 0 Å². The number of aliphatic hydroxyl groups is 1. The summed E-state index contributed by atoms with van der Waals surface area (Å²) >= 11 is 0. The molecule has 0 aliphatic carbocycles. The van der Waals surface area contributed by atoms with Gasteiger partial charge in [-0.1, -0.05) is 12.1 Å². The standard InChI is InChI=1S/C13H22N2O2/c1-4-17-10-11(16)9-14-12-7-5-6-8-13(12)15(2)3/h5-8,11,14,16H,4,9-10H2,1-3H3. The monoisotopic (exact) mass is 238 g/mol. The normalized spacial score (nSPS) is 12.2. The van der Waals surface area contributed by atoms with Crippen molar-refractivity contribution in [1.29, 1.82) is 0 Å². The molecule has 1 aromatic carbocycles. The maximum absolute atomic E-state index is 9.67. The third kappa shape index (κ3) is 4.63. The van der Waals surface area contributed by atoms with Crippen LogP contribution >= 0.6 is 0 Å². The van der Waals surface area contributed by atoms with Gasteiger partial charge in [0.15, 0.2) is 0 Å². The minimum Gasteiger partial charge on any atom is -0.389 e. The number of benzene rings is 1. The highest BCUT2D eigenvalue weighted by molar-refractivity contribution is 5.69. The molecule has 1 rings (SSSR count). The van der Waals surface area contributed by atoms with Gasteiger partial charge in [0.2, 0.25) is 0 Å². The Labute approximate surface area is 103 Å². The molecule has 0 spiro atoms. The number of nitrogens with one attached hydrogen (secondary N) is 1. The van der Waals surface area contributed by atoms with E-state index in [9.17, 15) is 5.11 Å². The van der Waals surface area contributed by atoms with Crippen molar-refractivity contribution in [2.75, 3.05) is 44.1 Å². The Morgan fingerprint density at radius 2 is 2.06 bits per heavy atom. The molecule has 0 amide bonds. The molecule has 1 unspecified atom stereocenters. The Morgan fingerprint density at radius 1 is 1.35 bits per heavy atom. The smallest absolute Gasteiger partial charge is 0.0945 e. The van der Waals surface area contributed by atoms with Crippen molar-refractivity contribution < 1.29 is 9.84 Å². The Kier molecular flexibility index (Phi) is 5.80. The van der Waals surface area contributed by atoms with Crippen LogP contribution in [0.15, 0.2) is 24.3 Å². The van der Waals surface area contributed by atoms with Gasteiger partial charge in [0.05, 0.1) is 24.1 Å². The summed E-state index contributed by atoms with van der Waals surface area (Å²) in [5, 5.41) is 12.9. The summed E-state index contributed by atoms with van der Waals surface area (Å²) in [5.74, 6) is 0. The third-order valence-corrected chi connectivity index (χ3v) is 2.43. The van der Waals surface area contributed by atoms with Crippen molar-refractivity contribution in [2.45, 2.75) is 13.0 Å². The molecular weight excluding hydrogens is 216 g/mol. The van der Waals surface area contributed by atoms with Crippen LogP contribution in [0.1, 0.15) is 6.92 Å². The van der Waals surface area contributed by atoms with Crippen LogP contribution in [0.3, 0.4) is 0 Å². The van der Waals surface area contributed by atoms with E-state index in [0.29, 0.717) is 19.8 Å². The van der Waals surface area contributed by atoms with E-state index >= 15 is 0 Å². The van der Waals surface area contributed by atoms with Gasteiger partial charge in [0.25, 0.3) is 0 Å².